The average molecular weight is 445 g/mol. The number of nitrogens with zero attached hydrogens (tertiary/aromatic N) is 3. The van der Waals surface area contributed by atoms with E-state index in [9.17, 15) is 8.42 Å². The SMILES string of the molecule is COc1ccc(C2C(CNc3ccc(S(=O)(=O)N4CCCC4)cn3)CCCN2C)cc1. The predicted octanol–water partition coefficient (Wildman–Crippen LogP) is 3.37. The summed E-state index contributed by atoms with van der Waals surface area (Å²) in [5.41, 5.74) is 1.29. The van der Waals surface area contributed by atoms with Crippen molar-refractivity contribution >= 4 is 15.8 Å². The van der Waals surface area contributed by atoms with Gasteiger partial charge in [-0.25, -0.2) is 13.4 Å². The van der Waals surface area contributed by atoms with Crippen molar-refractivity contribution in [2.75, 3.05) is 45.7 Å². The first-order chi connectivity index (χ1) is 15.0. The van der Waals surface area contributed by atoms with E-state index in [1.165, 1.54) is 11.8 Å². The van der Waals surface area contributed by atoms with E-state index in [1.807, 2.05) is 12.1 Å². The van der Waals surface area contributed by atoms with E-state index in [2.05, 4.69) is 34.4 Å². The molecule has 0 amide bonds. The Kier molecular flexibility index (Phi) is 6.79. The lowest BCUT2D eigenvalue weighted by Crippen LogP contribution is -2.39. The smallest absolute Gasteiger partial charge is 0.244 e. The number of nitrogens with one attached hydrogen (secondary N) is 1. The Balaban J connectivity index is 1.43. The van der Waals surface area contributed by atoms with Crippen molar-refractivity contribution in [3.63, 3.8) is 0 Å². The van der Waals surface area contributed by atoms with E-state index in [0.29, 0.717) is 30.9 Å². The second kappa shape index (κ2) is 9.54. The minimum atomic E-state index is -3.42. The molecule has 8 heteroatoms. The molecule has 0 spiro atoms. The first kappa shape index (κ1) is 22.0. The van der Waals surface area contributed by atoms with Crippen molar-refractivity contribution in [3.05, 3.63) is 48.2 Å². The van der Waals surface area contributed by atoms with E-state index < -0.39 is 10.0 Å². The lowest BCUT2D eigenvalue weighted by Gasteiger charge is -2.39. The molecule has 168 valence electrons. The Labute approximate surface area is 185 Å². The molecule has 1 N–H and O–H groups in total. The third kappa shape index (κ3) is 4.86. The number of rotatable bonds is 7. The van der Waals surface area contributed by atoms with Gasteiger partial charge in [-0.1, -0.05) is 12.1 Å². The van der Waals surface area contributed by atoms with Gasteiger partial charge in [0.05, 0.1) is 7.11 Å². The third-order valence-electron chi connectivity index (χ3n) is 6.45. The van der Waals surface area contributed by atoms with Crippen molar-refractivity contribution < 1.29 is 13.2 Å². The van der Waals surface area contributed by atoms with E-state index in [0.717, 1.165) is 44.5 Å². The molecule has 7 nitrogen and oxygen atoms in total. The van der Waals surface area contributed by atoms with Gasteiger partial charge in [0.2, 0.25) is 10.0 Å². The molecular formula is C23H32N4O3S. The van der Waals surface area contributed by atoms with Crippen molar-refractivity contribution in [1.82, 2.24) is 14.2 Å². The molecule has 0 radical (unpaired) electrons. The highest BCUT2D eigenvalue weighted by Crippen LogP contribution is 2.35. The number of sulfonamides is 1. The standard InChI is InChI=1S/C23H32N4O3S/c1-26-13-5-6-19(23(26)18-7-9-20(30-2)10-8-18)16-24-22-12-11-21(17-25-22)31(28,29)27-14-3-4-15-27/h7-12,17,19,23H,3-6,13-16H2,1-2H3,(H,24,25). The van der Waals surface area contributed by atoms with Crippen LogP contribution in [0.3, 0.4) is 0 Å². The van der Waals surface area contributed by atoms with Crippen LogP contribution < -0.4 is 10.1 Å². The molecule has 2 saturated heterocycles. The van der Waals surface area contributed by atoms with Crippen molar-refractivity contribution in [2.24, 2.45) is 5.92 Å². The first-order valence-electron chi connectivity index (χ1n) is 11.0. The van der Waals surface area contributed by atoms with Gasteiger partial charge in [-0.3, -0.25) is 4.90 Å². The van der Waals surface area contributed by atoms with Crippen LogP contribution in [-0.4, -0.2) is 62.9 Å². The zero-order valence-corrected chi connectivity index (χ0v) is 19.1. The molecule has 0 bridgehead atoms. The van der Waals surface area contributed by atoms with Crippen LogP contribution in [0.25, 0.3) is 0 Å². The van der Waals surface area contributed by atoms with Gasteiger partial charge < -0.3 is 10.1 Å². The zero-order valence-electron chi connectivity index (χ0n) is 18.3. The second-order valence-corrected chi connectivity index (χ2v) is 10.4. The number of likely N-dealkylation sites (tertiary alicyclic amines) is 1. The quantitative estimate of drug-likeness (QED) is 0.706. The normalized spacial score (nSPS) is 23.0. The van der Waals surface area contributed by atoms with Gasteiger partial charge in [0.25, 0.3) is 0 Å². The minimum absolute atomic E-state index is 0.272. The molecule has 0 aliphatic carbocycles. The number of anilines is 1. The molecule has 1 aromatic carbocycles. The fourth-order valence-electron chi connectivity index (χ4n) is 4.75. The number of methoxy groups -OCH3 is 1. The lowest BCUT2D eigenvalue weighted by molar-refractivity contribution is 0.128. The van der Waals surface area contributed by atoms with Crippen LogP contribution in [0.2, 0.25) is 0 Å². The summed E-state index contributed by atoms with van der Waals surface area (Å²) in [5, 5.41) is 3.43. The summed E-state index contributed by atoms with van der Waals surface area (Å²) in [6, 6.07) is 12.1. The topological polar surface area (TPSA) is 74.8 Å². The molecule has 2 fully saturated rings. The summed E-state index contributed by atoms with van der Waals surface area (Å²) in [5.74, 6) is 2.01. The molecule has 2 atom stereocenters. The number of piperidine rings is 1. The van der Waals surface area contributed by atoms with Crippen molar-refractivity contribution in [2.45, 2.75) is 36.6 Å². The van der Waals surface area contributed by atoms with Gasteiger partial charge in [0.15, 0.2) is 0 Å². The van der Waals surface area contributed by atoms with Crippen LogP contribution in [0.4, 0.5) is 5.82 Å². The summed E-state index contributed by atoms with van der Waals surface area (Å²) in [6.45, 7) is 3.06. The monoisotopic (exact) mass is 444 g/mol. The summed E-state index contributed by atoms with van der Waals surface area (Å²) < 4.78 is 32.2. The molecule has 4 rings (SSSR count). The maximum atomic E-state index is 12.7. The highest BCUT2D eigenvalue weighted by molar-refractivity contribution is 7.89. The molecular weight excluding hydrogens is 412 g/mol. The number of aromatic nitrogens is 1. The van der Waals surface area contributed by atoms with Crippen LogP contribution in [0.1, 0.15) is 37.3 Å². The predicted molar refractivity (Wildman–Crippen MR) is 122 cm³/mol. The Morgan fingerprint density at radius 1 is 1.06 bits per heavy atom. The number of hydrogen-bond donors (Lipinski definition) is 1. The van der Waals surface area contributed by atoms with Gasteiger partial charge in [-0.15, -0.1) is 0 Å². The van der Waals surface area contributed by atoms with Crippen LogP contribution >= 0.6 is 0 Å². The maximum Gasteiger partial charge on any atom is 0.244 e. The Morgan fingerprint density at radius 3 is 2.45 bits per heavy atom. The Morgan fingerprint density at radius 2 is 1.81 bits per heavy atom. The van der Waals surface area contributed by atoms with Gasteiger partial charge >= 0.3 is 0 Å². The fourth-order valence-corrected chi connectivity index (χ4v) is 6.21. The molecule has 0 saturated carbocycles. The van der Waals surface area contributed by atoms with Gasteiger partial charge in [-0.05, 0) is 75.0 Å². The molecule has 2 aliphatic rings. The van der Waals surface area contributed by atoms with Crippen LogP contribution in [0.15, 0.2) is 47.5 Å². The van der Waals surface area contributed by atoms with Gasteiger partial charge in [-0.2, -0.15) is 4.31 Å². The molecule has 3 heterocycles. The number of ether oxygens (including phenoxy) is 1. The van der Waals surface area contributed by atoms with Gasteiger partial charge in [0.1, 0.15) is 16.5 Å². The second-order valence-electron chi connectivity index (χ2n) is 8.47. The Bertz CT molecular complexity index is 957. The highest BCUT2D eigenvalue weighted by atomic mass is 32.2. The third-order valence-corrected chi connectivity index (χ3v) is 8.33. The highest BCUT2D eigenvalue weighted by Gasteiger charge is 2.31. The molecule has 1 aromatic heterocycles. The van der Waals surface area contributed by atoms with Crippen LogP contribution in [0, 0.1) is 5.92 Å². The molecule has 2 unspecified atom stereocenters. The summed E-state index contributed by atoms with van der Waals surface area (Å²) in [6.07, 6.45) is 5.63. The Hall–Kier alpha value is -2.16. The lowest BCUT2D eigenvalue weighted by atomic mass is 9.85. The van der Waals surface area contributed by atoms with E-state index in [4.69, 9.17) is 4.74 Å². The van der Waals surface area contributed by atoms with Crippen molar-refractivity contribution in [1.29, 1.82) is 0 Å². The largest absolute Gasteiger partial charge is 0.497 e. The summed E-state index contributed by atoms with van der Waals surface area (Å²) >= 11 is 0. The van der Waals surface area contributed by atoms with Gasteiger partial charge in [0, 0.05) is 31.9 Å². The fraction of sp³-hybridized carbons (Fsp3) is 0.522. The van der Waals surface area contributed by atoms with Crippen LogP contribution in [0.5, 0.6) is 5.75 Å². The van der Waals surface area contributed by atoms with E-state index in [-0.39, 0.29) is 4.90 Å². The maximum absolute atomic E-state index is 12.7. The molecule has 31 heavy (non-hydrogen) atoms. The number of pyridine rings is 1. The first-order valence-corrected chi connectivity index (χ1v) is 12.5. The van der Waals surface area contributed by atoms with Crippen LogP contribution in [-0.2, 0) is 10.0 Å². The number of hydrogen-bond acceptors (Lipinski definition) is 6. The average Bonchev–Trinajstić information content (AvgIpc) is 3.34. The van der Waals surface area contributed by atoms with E-state index in [1.54, 1.807) is 23.5 Å². The zero-order chi connectivity index (χ0) is 21.8. The van der Waals surface area contributed by atoms with E-state index >= 15 is 0 Å². The molecule has 2 aromatic rings. The van der Waals surface area contributed by atoms with Crippen molar-refractivity contribution in [3.8, 4) is 5.75 Å². The molecule has 2 aliphatic heterocycles. The minimum Gasteiger partial charge on any atom is -0.497 e. The number of benzene rings is 1. The summed E-state index contributed by atoms with van der Waals surface area (Å²) in [7, 11) is 0.439. The summed E-state index contributed by atoms with van der Waals surface area (Å²) in [4.78, 5) is 7.08.